The van der Waals surface area contributed by atoms with E-state index in [9.17, 15) is 5.11 Å². The van der Waals surface area contributed by atoms with Gasteiger partial charge in [0.25, 0.3) is 0 Å². The maximum Gasteiger partial charge on any atom is 0.0917 e. The molecule has 1 aliphatic heterocycles. The van der Waals surface area contributed by atoms with Crippen molar-refractivity contribution in [3.05, 3.63) is 34.9 Å². The molecule has 112 valence electrons. The quantitative estimate of drug-likeness (QED) is 0.918. The van der Waals surface area contributed by atoms with Gasteiger partial charge in [-0.1, -0.05) is 18.2 Å². The summed E-state index contributed by atoms with van der Waals surface area (Å²) in [6, 6.07) is 6.26. The predicted molar refractivity (Wildman–Crippen MR) is 84.0 cm³/mol. The molecule has 1 heterocycles. The number of aryl methyl sites for hydroxylation is 2. The van der Waals surface area contributed by atoms with E-state index in [1.165, 1.54) is 11.1 Å². The second-order valence-electron chi connectivity index (χ2n) is 6.83. The lowest BCUT2D eigenvalue weighted by molar-refractivity contribution is 0.0142. The zero-order valence-electron chi connectivity index (χ0n) is 13.5. The summed E-state index contributed by atoms with van der Waals surface area (Å²) in [5.41, 5.74) is 3.74. The number of aliphatic hydroxyl groups is 1. The molecule has 0 aliphatic carbocycles. The fourth-order valence-corrected chi connectivity index (χ4v) is 2.82. The molecule has 1 unspecified atom stereocenters. The van der Waals surface area contributed by atoms with E-state index in [4.69, 9.17) is 0 Å². The Bertz CT molecular complexity index is 470. The monoisotopic (exact) mass is 276 g/mol. The first kappa shape index (κ1) is 15.5. The van der Waals surface area contributed by atoms with Gasteiger partial charge >= 0.3 is 0 Å². The van der Waals surface area contributed by atoms with E-state index in [2.05, 4.69) is 56.7 Å². The Morgan fingerprint density at radius 1 is 1.20 bits per heavy atom. The fraction of sp³-hybridized carbons (Fsp3) is 0.647. The van der Waals surface area contributed by atoms with Crippen LogP contribution in [-0.4, -0.2) is 53.7 Å². The number of nitrogens with zero attached hydrogens (tertiary/aromatic N) is 2. The summed E-state index contributed by atoms with van der Waals surface area (Å²) in [7, 11) is 2.18. The predicted octanol–water partition coefficient (Wildman–Crippen LogP) is 2.36. The van der Waals surface area contributed by atoms with Gasteiger partial charge in [0.15, 0.2) is 0 Å². The van der Waals surface area contributed by atoms with Gasteiger partial charge in [0, 0.05) is 31.7 Å². The normalized spacial score (nSPS) is 21.9. The second kappa shape index (κ2) is 5.84. The zero-order valence-corrected chi connectivity index (χ0v) is 13.5. The highest BCUT2D eigenvalue weighted by Gasteiger charge is 2.31. The number of likely N-dealkylation sites (N-methyl/N-ethyl adjacent to an activating group) is 1. The minimum Gasteiger partial charge on any atom is -0.387 e. The van der Waals surface area contributed by atoms with E-state index in [-0.39, 0.29) is 5.54 Å². The smallest absolute Gasteiger partial charge is 0.0917 e. The second-order valence-corrected chi connectivity index (χ2v) is 6.83. The third kappa shape index (κ3) is 3.40. The molecular weight excluding hydrogens is 248 g/mol. The van der Waals surface area contributed by atoms with Crippen LogP contribution in [0.25, 0.3) is 0 Å². The number of rotatable bonds is 3. The van der Waals surface area contributed by atoms with E-state index in [1.54, 1.807) is 0 Å². The lowest BCUT2D eigenvalue weighted by atomic mass is 9.98. The lowest BCUT2D eigenvalue weighted by Crippen LogP contribution is -2.58. The first-order valence-corrected chi connectivity index (χ1v) is 7.48. The summed E-state index contributed by atoms with van der Waals surface area (Å²) in [6.45, 7) is 12.6. The van der Waals surface area contributed by atoms with Crippen LogP contribution in [0.15, 0.2) is 18.2 Å². The van der Waals surface area contributed by atoms with E-state index >= 15 is 0 Å². The van der Waals surface area contributed by atoms with Gasteiger partial charge in [0.2, 0.25) is 0 Å². The molecule has 20 heavy (non-hydrogen) atoms. The van der Waals surface area contributed by atoms with Crippen LogP contribution in [0.4, 0.5) is 0 Å². The highest BCUT2D eigenvalue weighted by atomic mass is 16.3. The molecular formula is C17H28N2O. The Labute approximate surface area is 123 Å². The summed E-state index contributed by atoms with van der Waals surface area (Å²) in [4.78, 5) is 4.77. The Morgan fingerprint density at radius 2 is 1.90 bits per heavy atom. The van der Waals surface area contributed by atoms with Crippen LogP contribution in [0, 0.1) is 13.8 Å². The number of β-amino-alcohol motifs (C(OH)–C–C–N with tert-alkyl or cyclic N) is 1. The largest absolute Gasteiger partial charge is 0.387 e. The highest BCUT2D eigenvalue weighted by molar-refractivity contribution is 5.31. The molecule has 0 saturated carbocycles. The molecule has 1 fully saturated rings. The average Bonchev–Trinajstić information content (AvgIpc) is 2.36. The van der Waals surface area contributed by atoms with Crippen LogP contribution >= 0.6 is 0 Å². The first-order valence-electron chi connectivity index (χ1n) is 7.48. The van der Waals surface area contributed by atoms with Gasteiger partial charge in [-0.3, -0.25) is 9.80 Å². The number of hydrogen-bond acceptors (Lipinski definition) is 3. The zero-order chi connectivity index (χ0) is 14.9. The lowest BCUT2D eigenvalue weighted by Gasteiger charge is -2.45. The molecule has 0 radical (unpaired) electrons. The fourth-order valence-electron chi connectivity index (χ4n) is 2.82. The standard InChI is InChI=1S/C17H28N2O/c1-13-6-7-15(10-14(13)2)16(20)11-19-9-8-18(5)17(3,4)12-19/h6-7,10,16,20H,8-9,11-12H2,1-5H3. The summed E-state index contributed by atoms with van der Waals surface area (Å²) < 4.78 is 0. The third-order valence-electron chi connectivity index (χ3n) is 4.74. The minimum atomic E-state index is -0.395. The summed E-state index contributed by atoms with van der Waals surface area (Å²) in [6.07, 6.45) is -0.395. The maximum absolute atomic E-state index is 10.5. The Balaban J connectivity index is 2.01. The average molecular weight is 276 g/mol. The highest BCUT2D eigenvalue weighted by Crippen LogP contribution is 2.23. The van der Waals surface area contributed by atoms with Crippen molar-refractivity contribution in [3.8, 4) is 0 Å². The molecule has 1 atom stereocenters. The summed E-state index contributed by atoms with van der Waals surface area (Å²) in [5, 5.41) is 10.5. The number of aliphatic hydroxyl groups excluding tert-OH is 1. The van der Waals surface area contributed by atoms with Crippen LogP contribution in [-0.2, 0) is 0 Å². The summed E-state index contributed by atoms with van der Waals surface area (Å²) in [5.74, 6) is 0. The molecule has 1 aromatic carbocycles. The van der Waals surface area contributed by atoms with Gasteiger partial charge in [-0.05, 0) is 51.4 Å². The van der Waals surface area contributed by atoms with Gasteiger partial charge in [0.05, 0.1) is 6.10 Å². The molecule has 3 nitrogen and oxygen atoms in total. The number of benzene rings is 1. The van der Waals surface area contributed by atoms with Crippen molar-refractivity contribution in [3.63, 3.8) is 0 Å². The molecule has 1 aliphatic rings. The topological polar surface area (TPSA) is 26.7 Å². The van der Waals surface area contributed by atoms with Crippen molar-refractivity contribution in [2.45, 2.75) is 39.3 Å². The summed E-state index contributed by atoms with van der Waals surface area (Å²) >= 11 is 0. The van der Waals surface area contributed by atoms with E-state index < -0.39 is 6.10 Å². The van der Waals surface area contributed by atoms with Crippen LogP contribution in [0.2, 0.25) is 0 Å². The van der Waals surface area contributed by atoms with E-state index in [0.717, 1.165) is 31.7 Å². The Morgan fingerprint density at radius 3 is 2.50 bits per heavy atom. The van der Waals surface area contributed by atoms with Gasteiger partial charge in [0.1, 0.15) is 0 Å². The maximum atomic E-state index is 10.5. The van der Waals surface area contributed by atoms with Gasteiger partial charge in [-0.25, -0.2) is 0 Å². The first-order chi connectivity index (χ1) is 9.29. The molecule has 0 amide bonds. The van der Waals surface area contributed by atoms with Crippen LogP contribution in [0.1, 0.15) is 36.6 Å². The van der Waals surface area contributed by atoms with Gasteiger partial charge in [-0.15, -0.1) is 0 Å². The van der Waals surface area contributed by atoms with Crippen molar-refractivity contribution in [1.29, 1.82) is 0 Å². The minimum absolute atomic E-state index is 0.182. The van der Waals surface area contributed by atoms with Gasteiger partial charge < -0.3 is 5.11 Å². The van der Waals surface area contributed by atoms with E-state index in [1.807, 2.05) is 6.07 Å². The molecule has 3 heteroatoms. The molecule has 0 aromatic heterocycles. The molecule has 1 aromatic rings. The van der Waals surface area contributed by atoms with Crippen molar-refractivity contribution in [2.24, 2.45) is 0 Å². The van der Waals surface area contributed by atoms with Crippen LogP contribution < -0.4 is 0 Å². The molecule has 1 saturated heterocycles. The van der Waals surface area contributed by atoms with E-state index in [0.29, 0.717) is 0 Å². The van der Waals surface area contributed by atoms with Crippen molar-refractivity contribution < 1.29 is 5.11 Å². The molecule has 0 bridgehead atoms. The Hall–Kier alpha value is -0.900. The van der Waals surface area contributed by atoms with Crippen LogP contribution in [0.3, 0.4) is 0 Å². The van der Waals surface area contributed by atoms with Crippen molar-refractivity contribution >= 4 is 0 Å². The molecule has 0 spiro atoms. The van der Waals surface area contributed by atoms with Gasteiger partial charge in [-0.2, -0.15) is 0 Å². The number of hydrogen-bond donors (Lipinski definition) is 1. The van der Waals surface area contributed by atoms with Crippen LogP contribution in [0.5, 0.6) is 0 Å². The SMILES string of the molecule is Cc1ccc(C(O)CN2CCN(C)C(C)(C)C2)cc1C. The number of piperazine rings is 1. The van der Waals surface area contributed by atoms with Crippen molar-refractivity contribution in [2.75, 3.05) is 33.2 Å². The molecule has 1 N–H and O–H groups in total. The van der Waals surface area contributed by atoms with Crippen molar-refractivity contribution in [1.82, 2.24) is 9.80 Å². The molecule has 2 rings (SSSR count). The Kier molecular flexibility index (Phi) is 4.52. The third-order valence-corrected chi connectivity index (χ3v) is 4.74.